The summed E-state index contributed by atoms with van der Waals surface area (Å²) >= 11 is 3.13. The Morgan fingerprint density at radius 3 is 2.65 bits per heavy atom. The van der Waals surface area contributed by atoms with Crippen molar-refractivity contribution in [2.75, 3.05) is 5.75 Å². The van der Waals surface area contributed by atoms with Crippen LogP contribution in [0.4, 0.5) is 0 Å². The summed E-state index contributed by atoms with van der Waals surface area (Å²) in [5, 5.41) is 11.1. The highest BCUT2D eigenvalue weighted by Gasteiger charge is 2.09. The number of rotatable bonds is 4. The molecule has 0 aliphatic carbocycles. The lowest BCUT2D eigenvalue weighted by Crippen LogP contribution is -1.95. The molecule has 0 amide bonds. The van der Waals surface area contributed by atoms with Gasteiger partial charge in [-0.1, -0.05) is 19.1 Å². The Kier molecular flexibility index (Phi) is 3.81. The molecule has 0 atom stereocenters. The molecule has 0 aliphatic rings. The largest absolute Gasteiger partial charge is 0.476 e. The van der Waals surface area contributed by atoms with Crippen LogP contribution in [0.3, 0.4) is 0 Å². The van der Waals surface area contributed by atoms with Crippen molar-refractivity contribution in [3.05, 3.63) is 35.3 Å². The highest BCUT2D eigenvalue weighted by molar-refractivity contribution is 7.99. The number of benzene rings is 1. The van der Waals surface area contributed by atoms with E-state index in [2.05, 4.69) is 11.9 Å². The highest BCUT2D eigenvalue weighted by Crippen LogP contribution is 2.26. The summed E-state index contributed by atoms with van der Waals surface area (Å²) in [6, 6.07) is 8.02. The molecule has 17 heavy (non-hydrogen) atoms. The molecule has 1 N–H and O–H groups in total. The van der Waals surface area contributed by atoms with Gasteiger partial charge in [-0.05, 0) is 17.9 Å². The molecular weight excluding hydrogens is 254 g/mol. The van der Waals surface area contributed by atoms with Crippen molar-refractivity contribution < 1.29 is 9.90 Å². The normalized spacial score (nSPS) is 10.4. The molecule has 0 bridgehead atoms. The monoisotopic (exact) mass is 265 g/mol. The molecule has 1 heterocycles. The number of aromatic carboxylic acids is 1. The number of hydrogen-bond donors (Lipinski definition) is 1. The number of carbonyl (C=O) groups is 1. The summed E-state index contributed by atoms with van der Waals surface area (Å²) < 4.78 is 0. The Morgan fingerprint density at radius 1 is 1.41 bits per heavy atom. The van der Waals surface area contributed by atoms with Gasteiger partial charge < -0.3 is 5.11 Å². The summed E-state index contributed by atoms with van der Waals surface area (Å²) in [4.78, 5) is 16.0. The fourth-order valence-corrected chi connectivity index (χ4v) is 2.83. The predicted molar refractivity (Wildman–Crippen MR) is 70.9 cm³/mol. The van der Waals surface area contributed by atoms with E-state index in [1.54, 1.807) is 17.1 Å². The van der Waals surface area contributed by atoms with Crippen LogP contribution >= 0.6 is 23.1 Å². The van der Waals surface area contributed by atoms with Crippen molar-refractivity contribution in [1.82, 2.24) is 4.98 Å². The van der Waals surface area contributed by atoms with E-state index in [0.717, 1.165) is 16.3 Å². The number of thioether (sulfide) groups is 1. The van der Waals surface area contributed by atoms with Crippen molar-refractivity contribution in [3.63, 3.8) is 0 Å². The van der Waals surface area contributed by atoms with E-state index in [1.807, 2.05) is 24.3 Å². The molecule has 88 valence electrons. The first kappa shape index (κ1) is 12.1. The van der Waals surface area contributed by atoms with Gasteiger partial charge >= 0.3 is 5.97 Å². The van der Waals surface area contributed by atoms with Crippen molar-refractivity contribution >= 4 is 29.1 Å². The lowest BCUT2D eigenvalue weighted by Gasteiger charge is -1.99. The Morgan fingerprint density at radius 2 is 2.12 bits per heavy atom. The van der Waals surface area contributed by atoms with Crippen LogP contribution in [-0.2, 0) is 0 Å². The second-order valence-corrected chi connectivity index (χ2v) is 5.50. The highest BCUT2D eigenvalue weighted by atomic mass is 32.2. The number of nitrogens with zero attached hydrogens (tertiary/aromatic N) is 1. The van der Waals surface area contributed by atoms with E-state index in [4.69, 9.17) is 5.11 Å². The predicted octanol–water partition coefficient (Wildman–Crippen LogP) is 3.62. The molecule has 0 saturated heterocycles. The average Bonchev–Trinajstić information content (AvgIpc) is 2.80. The summed E-state index contributed by atoms with van der Waals surface area (Å²) in [6.45, 7) is 2.11. The molecule has 0 spiro atoms. The van der Waals surface area contributed by atoms with Crippen LogP contribution in [0.1, 0.15) is 17.4 Å². The molecule has 0 fully saturated rings. The molecule has 0 unspecified atom stereocenters. The molecule has 2 rings (SSSR count). The third-order valence-electron chi connectivity index (χ3n) is 2.14. The van der Waals surface area contributed by atoms with Gasteiger partial charge in [0, 0.05) is 15.8 Å². The molecule has 2 aromatic rings. The van der Waals surface area contributed by atoms with Gasteiger partial charge in [0.25, 0.3) is 0 Å². The van der Waals surface area contributed by atoms with Gasteiger partial charge in [-0.3, -0.25) is 0 Å². The molecule has 5 heteroatoms. The van der Waals surface area contributed by atoms with Crippen molar-refractivity contribution in [2.45, 2.75) is 11.8 Å². The second kappa shape index (κ2) is 5.33. The van der Waals surface area contributed by atoms with Gasteiger partial charge in [0.15, 0.2) is 5.69 Å². The minimum atomic E-state index is -0.981. The number of carboxylic acids is 1. The first-order chi connectivity index (χ1) is 8.20. The molecule has 3 nitrogen and oxygen atoms in total. The fraction of sp³-hybridized carbons (Fsp3) is 0.167. The van der Waals surface area contributed by atoms with Crippen molar-refractivity contribution in [1.29, 1.82) is 0 Å². The van der Waals surface area contributed by atoms with E-state index in [1.165, 1.54) is 16.2 Å². The number of carboxylic acid groups (broad SMARTS) is 1. The van der Waals surface area contributed by atoms with Crippen LogP contribution in [0.15, 0.2) is 34.5 Å². The molecule has 0 aliphatic heterocycles. The molecular formula is C12H11NO2S2. The van der Waals surface area contributed by atoms with Crippen molar-refractivity contribution in [2.24, 2.45) is 0 Å². The zero-order chi connectivity index (χ0) is 12.3. The van der Waals surface area contributed by atoms with Gasteiger partial charge in [-0.15, -0.1) is 23.1 Å². The maximum atomic E-state index is 10.7. The third kappa shape index (κ3) is 2.87. The Hall–Kier alpha value is -1.33. The van der Waals surface area contributed by atoms with Crippen molar-refractivity contribution in [3.8, 4) is 10.6 Å². The third-order valence-corrected chi connectivity index (χ3v) is 3.92. The molecule has 0 radical (unpaired) electrons. The SMILES string of the molecule is CCSc1ccc(-c2nc(C(=O)O)cs2)cc1. The zero-order valence-electron chi connectivity index (χ0n) is 9.21. The maximum absolute atomic E-state index is 10.7. The number of aromatic nitrogens is 1. The van der Waals surface area contributed by atoms with Crippen LogP contribution in [0.25, 0.3) is 10.6 Å². The average molecular weight is 265 g/mol. The van der Waals surface area contributed by atoms with Crippen LogP contribution in [0.2, 0.25) is 0 Å². The number of thiazole rings is 1. The number of hydrogen-bond acceptors (Lipinski definition) is 4. The van der Waals surface area contributed by atoms with Crippen LogP contribution < -0.4 is 0 Å². The lowest BCUT2D eigenvalue weighted by molar-refractivity contribution is 0.0691. The molecule has 0 saturated carbocycles. The molecule has 1 aromatic carbocycles. The zero-order valence-corrected chi connectivity index (χ0v) is 10.8. The second-order valence-electron chi connectivity index (χ2n) is 3.30. The van der Waals surface area contributed by atoms with Gasteiger partial charge in [0.05, 0.1) is 0 Å². The smallest absolute Gasteiger partial charge is 0.355 e. The minimum absolute atomic E-state index is 0.108. The van der Waals surface area contributed by atoms with Gasteiger partial charge in [-0.25, -0.2) is 9.78 Å². The molecule has 1 aromatic heterocycles. The van der Waals surface area contributed by atoms with E-state index in [0.29, 0.717) is 0 Å². The lowest BCUT2D eigenvalue weighted by atomic mass is 10.2. The minimum Gasteiger partial charge on any atom is -0.476 e. The Balaban J connectivity index is 2.23. The van der Waals surface area contributed by atoms with Crippen LogP contribution in [0.5, 0.6) is 0 Å². The maximum Gasteiger partial charge on any atom is 0.355 e. The Labute approximate surface area is 108 Å². The quantitative estimate of drug-likeness (QED) is 0.858. The van der Waals surface area contributed by atoms with E-state index in [9.17, 15) is 4.79 Å². The van der Waals surface area contributed by atoms with Gasteiger partial charge in [0.2, 0.25) is 0 Å². The summed E-state index contributed by atoms with van der Waals surface area (Å²) in [5.41, 5.74) is 1.07. The summed E-state index contributed by atoms with van der Waals surface area (Å²) in [5.74, 6) is 0.0606. The summed E-state index contributed by atoms with van der Waals surface area (Å²) in [7, 11) is 0. The van der Waals surface area contributed by atoms with E-state index >= 15 is 0 Å². The summed E-state index contributed by atoms with van der Waals surface area (Å²) in [6.07, 6.45) is 0. The van der Waals surface area contributed by atoms with E-state index in [-0.39, 0.29) is 5.69 Å². The van der Waals surface area contributed by atoms with Crippen LogP contribution in [0, 0.1) is 0 Å². The van der Waals surface area contributed by atoms with Gasteiger partial charge in [-0.2, -0.15) is 0 Å². The first-order valence-corrected chi connectivity index (χ1v) is 6.99. The first-order valence-electron chi connectivity index (χ1n) is 5.12. The van der Waals surface area contributed by atoms with E-state index < -0.39 is 5.97 Å². The fourth-order valence-electron chi connectivity index (χ4n) is 1.36. The van der Waals surface area contributed by atoms with Gasteiger partial charge in [0.1, 0.15) is 5.01 Å². The topological polar surface area (TPSA) is 50.2 Å². The van der Waals surface area contributed by atoms with Crippen LogP contribution in [-0.4, -0.2) is 21.8 Å². The Bertz CT molecular complexity index is 520. The standard InChI is InChI=1S/C12H11NO2S2/c1-2-16-9-5-3-8(4-6-9)11-13-10(7-17-11)12(14)15/h3-7H,2H2,1H3,(H,14,15).